The second-order valence-corrected chi connectivity index (χ2v) is 4.70. The quantitative estimate of drug-likeness (QED) is 0.675. The van der Waals surface area contributed by atoms with Crippen LogP contribution in [0.3, 0.4) is 0 Å². The Bertz CT molecular complexity index is 645. The van der Waals surface area contributed by atoms with E-state index in [9.17, 15) is 18.9 Å². The number of hydrogen-bond acceptors (Lipinski definition) is 3. The predicted molar refractivity (Wildman–Crippen MR) is 74.7 cm³/mol. The molecule has 4 nitrogen and oxygen atoms in total. The summed E-state index contributed by atoms with van der Waals surface area (Å²) in [4.78, 5) is 10.1. The maximum absolute atomic E-state index is 13.1. The van der Waals surface area contributed by atoms with Crippen molar-refractivity contribution < 1.29 is 13.7 Å². The molecule has 0 saturated carbocycles. The van der Waals surface area contributed by atoms with Crippen molar-refractivity contribution in [2.75, 3.05) is 0 Å². The molecule has 1 unspecified atom stereocenters. The van der Waals surface area contributed by atoms with Gasteiger partial charge in [-0.15, -0.1) is 0 Å². The summed E-state index contributed by atoms with van der Waals surface area (Å²) in [5.74, 6) is -1.75. The summed E-state index contributed by atoms with van der Waals surface area (Å²) in [6.45, 7) is 2.26. The average Bonchev–Trinajstić information content (AvgIpc) is 2.48. The van der Waals surface area contributed by atoms with Crippen LogP contribution >= 0.6 is 0 Å². The van der Waals surface area contributed by atoms with E-state index in [1.165, 1.54) is 18.2 Å². The van der Waals surface area contributed by atoms with Gasteiger partial charge in [0.1, 0.15) is 0 Å². The molecular formula is C15H14F2N2O2. The van der Waals surface area contributed by atoms with Gasteiger partial charge in [0.15, 0.2) is 11.6 Å². The van der Waals surface area contributed by atoms with Gasteiger partial charge in [-0.05, 0) is 30.2 Å². The lowest BCUT2D eigenvalue weighted by molar-refractivity contribution is -0.384. The lowest BCUT2D eigenvalue weighted by Crippen LogP contribution is -2.18. The van der Waals surface area contributed by atoms with Gasteiger partial charge in [-0.3, -0.25) is 10.1 Å². The highest BCUT2D eigenvalue weighted by molar-refractivity contribution is 5.34. The summed E-state index contributed by atoms with van der Waals surface area (Å²) in [5.41, 5.74) is 1.54. The third-order valence-corrected chi connectivity index (χ3v) is 3.20. The average molecular weight is 292 g/mol. The zero-order chi connectivity index (χ0) is 15.4. The monoisotopic (exact) mass is 292 g/mol. The van der Waals surface area contributed by atoms with Gasteiger partial charge in [0.25, 0.3) is 5.69 Å². The van der Waals surface area contributed by atoms with Crippen molar-refractivity contribution in [2.24, 2.45) is 0 Å². The van der Waals surface area contributed by atoms with E-state index in [2.05, 4.69) is 5.32 Å². The SMILES string of the molecule is CC(NCc1ccc(F)c(F)c1)c1ccc([N+](=O)[O-])cc1. The Morgan fingerprint density at radius 3 is 2.38 bits per heavy atom. The molecule has 0 bridgehead atoms. The van der Waals surface area contributed by atoms with Crippen molar-refractivity contribution in [3.63, 3.8) is 0 Å². The highest BCUT2D eigenvalue weighted by Gasteiger charge is 2.09. The Balaban J connectivity index is 1.99. The van der Waals surface area contributed by atoms with E-state index in [4.69, 9.17) is 0 Å². The molecule has 6 heteroatoms. The third kappa shape index (κ3) is 3.82. The van der Waals surface area contributed by atoms with Crippen LogP contribution in [0.4, 0.5) is 14.5 Å². The van der Waals surface area contributed by atoms with Crippen molar-refractivity contribution in [2.45, 2.75) is 19.5 Å². The number of nitro benzene ring substituents is 1. The van der Waals surface area contributed by atoms with Crippen molar-refractivity contribution in [3.05, 3.63) is 75.3 Å². The Hall–Kier alpha value is -2.34. The zero-order valence-electron chi connectivity index (χ0n) is 11.3. The molecule has 0 spiro atoms. The summed E-state index contributed by atoms with van der Waals surface area (Å²) < 4.78 is 25.9. The highest BCUT2D eigenvalue weighted by atomic mass is 19.2. The molecule has 2 aromatic carbocycles. The van der Waals surface area contributed by atoms with Crippen molar-refractivity contribution in [1.29, 1.82) is 0 Å². The molecule has 0 radical (unpaired) electrons. The number of nitrogens with zero attached hydrogens (tertiary/aromatic N) is 1. The Morgan fingerprint density at radius 2 is 1.81 bits per heavy atom. The molecule has 110 valence electrons. The topological polar surface area (TPSA) is 55.2 Å². The third-order valence-electron chi connectivity index (χ3n) is 3.20. The van der Waals surface area contributed by atoms with E-state index >= 15 is 0 Å². The molecule has 1 N–H and O–H groups in total. The summed E-state index contributed by atoms with van der Waals surface area (Å²) in [6.07, 6.45) is 0. The number of halogens is 2. The van der Waals surface area contributed by atoms with Gasteiger partial charge in [0.2, 0.25) is 0 Å². The molecule has 0 amide bonds. The number of benzene rings is 2. The summed E-state index contributed by atoms with van der Waals surface area (Å²) >= 11 is 0. The molecule has 0 fully saturated rings. The van der Waals surface area contributed by atoms with Gasteiger partial charge >= 0.3 is 0 Å². The zero-order valence-corrected chi connectivity index (χ0v) is 11.3. The van der Waals surface area contributed by atoms with Crippen LogP contribution in [0, 0.1) is 21.7 Å². The smallest absolute Gasteiger partial charge is 0.269 e. The fraction of sp³-hybridized carbons (Fsp3) is 0.200. The lowest BCUT2D eigenvalue weighted by Gasteiger charge is -2.14. The van der Waals surface area contributed by atoms with Gasteiger partial charge in [-0.1, -0.05) is 18.2 Å². The molecular weight excluding hydrogens is 278 g/mol. The van der Waals surface area contributed by atoms with Crippen LogP contribution in [0.1, 0.15) is 24.1 Å². The maximum Gasteiger partial charge on any atom is 0.269 e. The van der Waals surface area contributed by atoms with E-state index in [-0.39, 0.29) is 11.7 Å². The summed E-state index contributed by atoms with van der Waals surface area (Å²) in [6, 6.07) is 9.87. The van der Waals surface area contributed by atoms with E-state index in [0.717, 1.165) is 17.7 Å². The van der Waals surface area contributed by atoms with E-state index in [1.807, 2.05) is 6.92 Å². The number of rotatable bonds is 5. The first-order chi connectivity index (χ1) is 9.97. The van der Waals surface area contributed by atoms with Crippen LogP contribution in [0.15, 0.2) is 42.5 Å². The minimum absolute atomic E-state index is 0.0338. The normalized spacial score (nSPS) is 12.1. The van der Waals surface area contributed by atoms with E-state index < -0.39 is 16.6 Å². The van der Waals surface area contributed by atoms with Crippen molar-refractivity contribution in [3.8, 4) is 0 Å². The Kier molecular flexibility index (Phi) is 4.59. The van der Waals surface area contributed by atoms with Crippen LogP contribution < -0.4 is 5.32 Å². The summed E-state index contributed by atoms with van der Waals surface area (Å²) in [5, 5.41) is 13.7. The largest absolute Gasteiger partial charge is 0.306 e. The lowest BCUT2D eigenvalue weighted by atomic mass is 10.1. The van der Waals surface area contributed by atoms with Gasteiger partial charge in [-0.2, -0.15) is 0 Å². The van der Waals surface area contributed by atoms with Crippen molar-refractivity contribution >= 4 is 5.69 Å². The van der Waals surface area contributed by atoms with E-state index in [1.54, 1.807) is 12.1 Å². The Morgan fingerprint density at radius 1 is 1.14 bits per heavy atom. The first-order valence-corrected chi connectivity index (χ1v) is 6.39. The molecule has 2 aromatic rings. The minimum atomic E-state index is -0.878. The fourth-order valence-corrected chi connectivity index (χ4v) is 1.92. The number of non-ortho nitro benzene ring substituents is 1. The van der Waals surface area contributed by atoms with Crippen molar-refractivity contribution in [1.82, 2.24) is 5.32 Å². The molecule has 2 rings (SSSR count). The molecule has 0 aromatic heterocycles. The standard InChI is InChI=1S/C15H14F2N2O2/c1-10(12-3-5-13(6-4-12)19(20)21)18-9-11-2-7-14(16)15(17)8-11/h2-8,10,18H,9H2,1H3. The van der Waals surface area contributed by atoms with Crippen LogP contribution in [-0.2, 0) is 6.54 Å². The molecule has 1 atom stereocenters. The molecule has 0 heterocycles. The Labute approximate surface area is 120 Å². The first kappa shape index (κ1) is 15.1. The number of hydrogen-bond donors (Lipinski definition) is 1. The van der Waals surface area contributed by atoms with E-state index in [0.29, 0.717) is 12.1 Å². The second kappa shape index (κ2) is 6.41. The number of nitro groups is 1. The fourth-order valence-electron chi connectivity index (χ4n) is 1.92. The highest BCUT2D eigenvalue weighted by Crippen LogP contribution is 2.18. The minimum Gasteiger partial charge on any atom is -0.306 e. The van der Waals surface area contributed by atoms with Crippen LogP contribution in [0.2, 0.25) is 0 Å². The van der Waals surface area contributed by atoms with Gasteiger partial charge < -0.3 is 5.32 Å². The van der Waals surface area contributed by atoms with Gasteiger partial charge in [0, 0.05) is 24.7 Å². The summed E-state index contributed by atoms with van der Waals surface area (Å²) in [7, 11) is 0. The van der Waals surface area contributed by atoms with Crippen LogP contribution in [-0.4, -0.2) is 4.92 Å². The number of nitrogens with one attached hydrogen (secondary N) is 1. The molecule has 0 aliphatic heterocycles. The predicted octanol–water partition coefficient (Wildman–Crippen LogP) is 3.72. The maximum atomic E-state index is 13.1. The van der Waals surface area contributed by atoms with Crippen LogP contribution in [0.25, 0.3) is 0 Å². The molecule has 21 heavy (non-hydrogen) atoms. The van der Waals surface area contributed by atoms with Gasteiger partial charge in [0.05, 0.1) is 4.92 Å². The first-order valence-electron chi connectivity index (χ1n) is 6.39. The molecule has 0 saturated heterocycles. The van der Waals surface area contributed by atoms with Gasteiger partial charge in [-0.25, -0.2) is 8.78 Å². The van der Waals surface area contributed by atoms with Crippen LogP contribution in [0.5, 0.6) is 0 Å². The molecule has 0 aliphatic carbocycles. The molecule has 0 aliphatic rings. The second-order valence-electron chi connectivity index (χ2n) is 4.70.